The topological polar surface area (TPSA) is 190 Å². The van der Waals surface area contributed by atoms with Gasteiger partial charge in [0.15, 0.2) is 12.2 Å². The molecule has 2 atom stereocenters. The summed E-state index contributed by atoms with van der Waals surface area (Å²) in [7, 11) is -4.67. The van der Waals surface area contributed by atoms with Crippen LogP contribution in [0.25, 0.3) is 0 Å². The molecular weight excluding hydrogens is 286 g/mol. The number of aliphatic hydroxyl groups excluding tert-OH is 2. The van der Waals surface area contributed by atoms with Gasteiger partial charge in [0, 0.05) is 0 Å². The Bertz CT molecular complexity index is 308. The number of hydrogen-bond acceptors (Lipinski definition) is 6. The van der Waals surface area contributed by atoms with Crippen molar-refractivity contribution in [3.8, 4) is 0 Å². The predicted octanol–water partition coefficient (Wildman–Crippen LogP) is -8.54. The number of carboxylic acids is 2. The number of hydrogen-bond donors (Lipinski definition) is 6. The third-order valence-electron chi connectivity index (χ3n) is 0.805. The van der Waals surface area contributed by atoms with Gasteiger partial charge in [0.05, 0.1) is 0 Å². The van der Waals surface area contributed by atoms with Crippen molar-refractivity contribution in [2.75, 3.05) is 0 Å². The first-order chi connectivity index (χ1) is 6.46. The van der Waals surface area contributed by atoms with Crippen LogP contribution in [0.1, 0.15) is 2.85 Å². The zero-order valence-corrected chi connectivity index (χ0v) is 13.7. The van der Waals surface area contributed by atoms with Gasteiger partial charge in [0.25, 0.3) is 0 Å². The molecule has 0 fully saturated rings. The second-order valence-electron chi connectivity index (χ2n) is 2.01. The zero-order valence-electron chi connectivity index (χ0n) is 10.9. The van der Waals surface area contributed by atoms with Gasteiger partial charge in [-0.25, -0.2) is 9.59 Å². The van der Waals surface area contributed by atoms with E-state index < -0.39 is 34.5 Å². The fourth-order valence-corrected chi connectivity index (χ4v) is 0.270. The predicted molar refractivity (Wildman–Crippen MR) is 43.7 cm³/mol. The van der Waals surface area contributed by atoms with Gasteiger partial charge in [0.1, 0.15) is 0 Å². The fraction of sp³-hybridized carbons (Fsp3) is 0.500. The minimum absolute atomic E-state index is 0. The minimum Gasteiger partial charge on any atom is -1.00 e. The van der Waals surface area contributed by atoms with E-state index in [1.165, 1.54) is 0 Å². The van der Waals surface area contributed by atoms with Gasteiger partial charge in [-0.15, -0.1) is 0 Å². The molecule has 0 heterocycles. The summed E-state index contributed by atoms with van der Waals surface area (Å²) in [5, 5.41) is 32.5. The Labute approximate surface area is 143 Å². The molecule has 94 valence electrons. The molecule has 0 saturated heterocycles. The Hall–Kier alpha value is 0.730. The summed E-state index contributed by atoms with van der Waals surface area (Å²) in [6.07, 6.45) is -4.53. The first-order valence-electron chi connectivity index (χ1n) is 2.98. The molecule has 0 aromatic rings. The van der Waals surface area contributed by atoms with E-state index in [0.717, 1.165) is 0 Å². The molecule has 0 saturated carbocycles. The molecule has 0 aromatic heterocycles. The molecule has 6 N–H and O–H groups in total. The molecule has 0 aliphatic rings. The molecule has 17 heavy (non-hydrogen) atoms. The van der Waals surface area contributed by atoms with Crippen LogP contribution >= 0.6 is 0 Å². The van der Waals surface area contributed by atoms with Crippen molar-refractivity contribution < 1.29 is 110 Å². The number of carboxylic acid groups (broad SMARTS) is 2. The van der Waals surface area contributed by atoms with Crippen LogP contribution in [0, 0.1) is 0 Å². The summed E-state index contributed by atoms with van der Waals surface area (Å²) >= 11 is 0. The zero-order chi connectivity index (χ0) is 12.8. The molecule has 2 unspecified atom stereocenters. The molecule has 0 aromatic carbocycles. The van der Waals surface area contributed by atoms with Crippen LogP contribution in [-0.2, 0) is 20.0 Å². The van der Waals surface area contributed by atoms with Crippen LogP contribution in [0.3, 0.4) is 0 Å². The van der Waals surface area contributed by atoms with Gasteiger partial charge in [-0.05, 0) is 0 Å². The SMILES string of the molecule is O=C(O)C(O)C(O)C(=O)O.O=S(=O)(O)O.[H-].[H-].[Na+].[Na+]. The van der Waals surface area contributed by atoms with Gasteiger partial charge in [0.2, 0.25) is 0 Å². The maximum atomic E-state index is 9.77. The summed E-state index contributed by atoms with van der Waals surface area (Å²) in [5.41, 5.74) is 0. The van der Waals surface area contributed by atoms with Crippen molar-refractivity contribution in [2.45, 2.75) is 12.2 Å². The average Bonchev–Trinajstić information content (AvgIpc) is 1.98. The first kappa shape index (κ1) is 26.3. The third-order valence-corrected chi connectivity index (χ3v) is 0.805. The molecule has 0 rings (SSSR count). The molecule has 13 heteroatoms. The van der Waals surface area contributed by atoms with Crippen LogP contribution in [0.4, 0.5) is 0 Å². The Morgan fingerprint density at radius 3 is 1.06 bits per heavy atom. The molecule has 10 nitrogen and oxygen atoms in total. The quantitative estimate of drug-likeness (QED) is 0.215. The van der Waals surface area contributed by atoms with Gasteiger partial charge in [-0.3, -0.25) is 9.11 Å². The number of aliphatic hydroxyl groups is 2. The maximum Gasteiger partial charge on any atom is 1.00 e. The van der Waals surface area contributed by atoms with Crippen LogP contribution < -0.4 is 59.1 Å². The van der Waals surface area contributed by atoms with Crippen LogP contribution in [0.2, 0.25) is 0 Å². The van der Waals surface area contributed by atoms with Crippen LogP contribution in [0.15, 0.2) is 0 Å². The Morgan fingerprint density at radius 1 is 0.882 bits per heavy atom. The summed E-state index contributed by atoms with van der Waals surface area (Å²) in [6, 6.07) is 0. The largest absolute Gasteiger partial charge is 1.00 e. The number of aliphatic carboxylic acids is 2. The van der Waals surface area contributed by atoms with Crippen molar-refractivity contribution >= 4 is 22.3 Å². The summed E-state index contributed by atoms with van der Waals surface area (Å²) in [5.74, 6) is -3.54. The van der Waals surface area contributed by atoms with Crippen LogP contribution in [0.5, 0.6) is 0 Å². The van der Waals surface area contributed by atoms with Crippen molar-refractivity contribution in [1.29, 1.82) is 0 Å². The number of rotatable bonds is 3. The monoisotopic (exact) mass is 296 g/mol. The summed E-state index contributed by atoms with van der Waals surface area (Å²) in [4.78, 5) is 19.5. The maximum absolute atomic E-state index is 9.77. The molecule has 0 aliphatic heterocycles. The standard InChI is InChI=1S/C4H6O6.2Na.H2O4S.2H/c5-1(3(7)8)2(6)4(9)10;;;1-5(2,3)4;;/h1-2,5-6H,(H,7,8)(H,9,10);;;(H2,1,2,3,4);;/q;2*+1;;2*-1. The van der Waals surface area contributed by atoms with Crippen LogP contribution in [-0.4, -0.2) is 62.1 Å². The van der Waals surface area contributed by atoms with Crippen molar-refractivity contribution in [1.82, 2.24) is 0 Å². The number of carbonyl (C=O) groups is 2. The summed E-state index contributed by atoms with van der Waals surface area (Å²) < 4.78 is 31.6. The first-order valence-corrected chi connectivity index (χ1v) is 4.38. The molecule has 0 spiro atoms. The molecule has 0 amide bonds. The van der Waals surface area contributed by atoms with E-state index in [9.17, 15) is 9.59 Å². The Morgan fingerprint density at radius 2 is 1.00 bits per heavy atom. The van der Waals surface area contributed by atoms with Gasteiger partial charge < -0.3 is 23.3 Å². The van der Waals surface area contributed by atoms with Gasteiger partial charge in [-0.2, -0.15) is 8.42 Å². The fourth-order valence-electron chi connectivity index (χ4n) is 0.270. The van der Waals surface area contributed by atoms with Crippen molar-refractivity contribution in [2.24, 2.45) is 0 Å². The second-order valence-corrected chi connectivity index (χ2v) is 2.91. The van der Waals surface area contributed by atoms with E-state index in [4.69, 9.17) is 37.9 Å². The van der Waals surface area contributed by atoms with E-state index >= 15 is 0 Å². The molecule has 0 aliphatic carbocycles. The normalized spacial score (nSPS) is 12.7. The third kappa shape index (κ3) is 22.4. The minimum atomic E-state index is -4.67. The average molecular weight is 296 g/mol. The van der Waals surface area contributed by atoms with Gasteiger partial charge in [-0.1, -0.05) is 0 Å². The van der Waals surface area contributed by atoms with E-state index in [2.05, 4.69) is 0 Å². The van der Waals surface area contributed by atoms with Gasteiger partial charge >= 0.3 is 81.5 Å². The smallest absolute Gasteiger partial charge is 1.00 e. The van der Waals surface area contributed by atoms with E-state index in [0.29, 0.717) is 0 Å². The molecule has 0 bridgehead atoms. The Balaban J connectivity index is -0.0000000418. The Kier molecular flexibility index (Phi) is 18.3. The van der Waals surface area contributed by atoms with E-state index in [-0.39, 0.29) is 62.0 Å². The molecular formula is C4H10Na2O10S. The van der Waals surface area contributed by atoms with Crippen molar-refractivity contribution in [3.05, 3.63) is 0 Å². The van der Waals surface area contributed by atoms with E-state index in [1.54, 1.807) is 0 Å². The van der Waals surface area contributed by atoms with Crippen molar-refractivity contribution in [3.63, 3.8) is 0 Å². The molecule has 0 radical (unpaired) electrons. The summed E-state index contributed by atoms with van der Waals surface area (Å²) in [6.45, 7) is 0. The second kappa shape index (κ2) is 11.8. The van der Waals surface area contributed by atoms with E-state index in [1.807, 2.05) is 0 Å².